The predicted octanol–water partition coefficient (Wildman–Crippen LogP) is 3.90. The molecule has 0 heterocycles. The number of hydrogen-bond acceptors (Lipinski definition) is 5. The van der Waals surface area contributed by atoms with Gasteiger partial charge < -0.3 is 14.6 Å². The normalized spacial score (nSPS) is 11.7. The fourth-order valence-electron chi connectivity index (χ4n) is 2.61. The molecule has 1 unspecified atom stereocenters. The van der Waals surface area contributed by atoms with Crippen LogP contribution in [0.1, 0.15) is 40.1 Å². The average Bonchev–Trinajstić information content (AvgIpc) is 2.57. The number of carbonyl (C=O) groups is 2. The lowest BCUT2D eigenvalue weighted by molar-refractivity contribution is 0.0999. The van der Waals surface area contributed by atoms with Gasteiger partial charge in [-0.2, -0.15) is 0 Å². The zero-order chi connectivity index (χ0) is 19.3. The second-order valence-electron chi connectivity index (χ2n) is 5.93. The molecule has 0 radical (unpaired) electrons. The molecule has 0 aliphatic heterocycles. The Morgan fingerprint density at radius 1 is 0.962 bits per heavy atom. The Balaban J connectivity index is 2.00. The first-order valence-corrected chi connectivity index (χ1v) is 8.14. The molecule has 0 aliphatic carbocycles. The number of aromatic hydroxyl groups is 1. The van der Waals surface area contributed by atoms with E-state index in [1.165, 1.54) is 32.0 Å². The first-order chi connectivity index (χ1) is 12.3. The number of halogens is 1. The van der Waals surface area contributed by atoms with Crippen molar-refractivity contribution in [2.45, 2.75) is 26.9 Å². The summed E-state index contributed by atoms with van der Waals surface area (Å²) in [5, 5.41) is 9.74. The lowest BCUT2D eigenvalue weighted by atomic mass is 10.0. The molecule has 26 heavy (non-hydrogen) atoms. The highest BCUT2D eigenvalue weighted by Gasteiger charge is 2.17. The third-order valence-corrected chi connectivity index (χ3v) is 3.78. The van der Waals surface area contributed by atoms with E-state index < -0.39 is 6.17 Å². The SMILES string of the molecule is CC(=O)c1c(C)cccc1OCC(F)COc1cccc(O)c1C(C)=O. The van der Waals surface area contributed by atoms with Crippen molar-refractivity contribution in [3.8, 4) is 17.2 Å². The van der Waals surface area contributed by atoms with Crippen LogP contribution < -0.4 is 9.47 Å². The first kappa shape index (κ1) is 19.4. The molecule has 0 spiro atoms. The zero-order valence-corrected chi connectivity index (χ0v) is 14.9. The van der Waals surface area contributed by atoms with Crippen molar-refractivity contribution in [2.24, 2.45) is 0 Å². The van der Waals surface area contributed by atoms with Crippen LogP contribution in [0.4, 0.5) is 4.39 Å². The van der Waals surface area contributed by atoms with Gasteiger partial charge >= 0.3 is 0 Å². The number of ether oxygens (including phenoxy) is 2. The Morgan fingerprint density at radius 3 is 2.00 bits per heavy atom. The molecule has 1 atom stereocenters. The molecular weight excluding hydrogens is 339 g/mol. The summed E-state index contributed by atoms with van der Waals surface area (Å²) in [6, 6.07) is 9.48. The Bertz CT molecular complexity index is 748. The van der Waals surface area contributed by atoms with Crippen LogP contribution in [-0.2, 0) is 0 Å². The predicted molar refractivity (Wildman–Crippen MR) is 95.2 cm³/mol. The number of phenolic OH excluding ortho intramolecular Hbond substituents is 1. The van der Waals surface area contributed by atoms with Crippen LogP contribution in [0, 0.1) is 6.92 Å². The van der Waals surface area contributed by atoms with Gasteiger partial charge in [0.1, 0.15) is 36.0 Å². The standard InChI is InChI=1S/C20H21FO5/c1-12-6-4-8-17(19(12)13(2)22)25-10-15(21)11-26-18-9-5-7-16(24)20(18)14(3)23/h4-9,15,24H,10-11H2,1-3H3. The highest BCUT2D eigenvalue weighted by molar-refractivity contribution is 5.99. The molecule has 0 aliphatic rings. The molecular formula is C20H21FO5. The summed E-state index contributed by atoms with van der Waals surface area (Å²) in [6.07, 6.45) is -1.49. The Morgan fingerprint density at radius 2 is 1.46 bits per heavy atom. The highest BCUT2D eigenvalue weighted by Crippen LogP contribution is 2.28. The van der Waals surface area contributed by atoms with Gasteiger partial charge in [0.2, 0.25) is 0 Å². The molecule has 138 valence electrons. The van der Waals surface area contributed by atoms with E-state index in [0.29, 0.717) is 11.3 Å². The van der Waals surface area contributed by atoms with Crippen LogP contribution in [0.2, 0.25) is 0 Å². The second-order valence-corrected chi connectivity index (χ2v) is 5.93. The first-order valence-electron chi connectivity index (χ1n) is 8.14. The molecule has 2 aromatic rings. The smallest absolute Gasteiger partial charge is 0.168 e. The number of benzene rings is 2. The number of hydrogen-bond donors (Lipinski definition) is 1. The van der Waals surface area contributed by atoms with Gasteiger partial charge in [0.25, 0.3) is 0 Å². The van der Waals surface area contributed by atoms with Gasteiger partial charge in [0.05, 0.1) is 5.56 Å². The number of phenols is 1. The lowest BCUT2D eigenvalue weighted by Gasteiger charge is -2.16. The van der Waals surface area contributed by atoms with E-state index in [4.69, 9.17) is 9.47 Å². The van der Waals surface area contributed by atoms with Gasteiger partial charge in [0.15, 0.2) is 17.7 Å². The fraction of sp³-hybridized carbons (Fsp3) is 0.300. The van der Waals surface area contributed by atoms with Gasteiger partial charge in [-0.15, -0.1) is 0 Å². The van der Waals surface area contributed by atoms with Crippen molar-refractivity contribution >= 4 is 11.6 Å². The maximum Gasteiger partial charge on any atom is 0.168 e. The van der Waals surface area contributed by atoms with Crippen LogP contribution in [0.5, 0.6) is 17.2 Å². The van der Waals surface area contributed by atoms with Gasteiger partial charge in [-0.1, -0.05) is 18.2 Å². The Hall–Kier alpha value is -2.89. The van der Waals surface area contributed by atoms with Crippen LogP contribution in [0.3, 0.4) is 0 Å². The minimum atomic E-state index is -1.49. The van der Waals surface area contributed by atoms with E-state index in [0.717, 1.165) is 5.56 Å². The van der Waals surface area contributed by atoms with Crippen LogP contribution >= 0.6 is 0 Å². The summed E-state index contributed by atoms with van der Waals surface area (Å²) in [4.78, 5) is 23.3. The summed E-state index contributed by atoms with van der Waals surface area (Å²) in [7, 11) is 0. The summed E-state index contributed by atoms with van der Waals surface area (Å²) in [5.41, 5.74) is 1.19. The Kier molecular flexibility index (Phi) is 6.33. The fourth-order valence-corrected chi connectivity index (χ4v) is 2.61. The third kappa shape index (κ3) is 4.59. The number of carbonyl (C=O) groups excluding carboxylic acids is 2. The average molecular weight is 360 g/mol. The van der Waals surface area contributed by atoms with Crippen molar-refractivity contribution in [1.82, 2.24) is 0 Å². The summed E-state index contributed by atoms with van der Waals surface area (Å²) >= 11 is 0. The molecule has 6 heteroatoms. The summed E-state index contributed by atoms with van der Waals surface area (Å²) < 4.78 is 24.9. The minimum absolute atomic E-state index is 0.0122. The van der Waals surface area contributed by atoms with E-state index in [-0.39, 0.29) is 41.8 Å². The van der Waals surface area contributed by atoms with Crippen molar-refractivity contribution in [3.05, 3.63) is 53.1 Å². The van der Waals surface area contributed by atoms with E-state index in [1.54, 1.807) is 25.1 Å². The summed E-state index contributed by atoms with van der Waals surface area (Å²) in [5.74, 6) is -0.319. The molecule has 0 amide bonds. The zero-order valence-electron chi connectivity index (χ0n) is 14.9. The van der Waals surface area contributed by atoms with Gasteiger partial charge in [0, 0.05) is 0 Å². The molecule has 0 saturated carbocycles. The maximum absolute atomic E-state index is 14.2. The number of ketones is 2. The van der Waals surface area contributed by atoms with Crippen molar-refractivity contribution in [1.29, 1.82) is 0 Å². The number of rotatable bonds is 8. The minimum Gasteiger partial charge on any atom is -0.507 e. The molecule has 0 fully saturated rings. The van der Waals surface area contributed by atoms with Crippen molar-refractivity contribution in [2.75, 3.05) is 13.2 Å². The lowest BCUT2D eigenvalue weighted by Crippen LogP contribution is -2.22. The third-order valence-electron chi connectivity index (χ3n) is 3.78. The van der Waals surface area contributed by atoms with Crippen molar-refractivity contribution in [3.63, 3.8) is 0 Å². The monoisotopic (exact) mass is 360 g/mol. The molecule has 0 bridgehead atoms. The van der Waals surface area contributed by atoms with Gasteiger partial charge in [-0.05, 0) is 44.5 Å². The van der Waals surface area contributed by atoms with Crippen molar-refractivity contribution < 1.29 is 28.6 Å². The molecule has 0 aromatic heterocycles. The molecule has 2 rings (SSSR count). The van der Waals surface area contributed by atoms with E-state index in [2.05, 4.69) is 0 Å². The second kappa shape index (κ2) is 8.47. The van der Waals surface area contributed by atoms with E-state index in [9.17, 15) is 19.1 Å². The maximum atomic E-state index is 14.2. The quantitative estimate of drug-likeness (QED) is 0.723. The molecule has 0 saturated heterocycles. The molecule has 5 nitrogen and oxygen atoms in total. The van der Waals surface area contributed by atoms with E-state index in [1.807, 2.05) is 0 Å². The van der Waals surface area contributed by atoms with Gasteiger partial charge in [-0.25, -0.2) is 4.39 Å². The number of alkyl halides is 1. The molecule has 1 N–H and O–H groups in total. The van der Waals surface area contributed by atoms with E-state index >= 15 is 0 Å². The molecule has 2 aromatic carbocycles. The van der Waals surface area contributed by atoms with Crippen LogP contribution in [-0.4, -0.2) is 36.1 Å². The number of aryl methyl sites for hydroxylation is 1. The van der Waals surface area contributed by atoms with Gasteiger partial charge in [-0.3, -0.25) is 9.59 Å². The number of Topliss-reactive ketones (excluding diaryl/α,β-unsaturated/α-hetero) is 2. The van der Waals surface area contributed by atoms with Crippen LogP contribution in [0.15, 0.2) is 36.4 Å². The Labute approximate surface area is 151 Å². The summed E-state index contributed by atoms with van der Waals surface area (Å²) in [6.45, 7) is 3.84. The largest absolute Gasteiger partial charge is 0.507 e. The highest BCUT2D eigenvalue weighted by atomic mass is 19.1. The topological polar surface area (TPSA) is 72.8 Å². The van der Waals surface area contributed by atoms with Crippen LogP contribution in [0.25, 0.3) is 0 Å².